The number of hydrogen-bond acceptors (Lipinski definition) is 6. The van der Waals surface area contributed by atoms with E-state index in [0.717, 1.165) is 45.2 Å². The monoisotopic (exact) mass is 296 g/mol. The number of nitrogens with zero attached hydrogens (tertiary/aromatic N) is 3. The van der Waals surface area contributed by atoms with Crippen LogP contribution >= 0.6 is 0 Å². The third-order valence-electron chi connectivity index (χ3n) is 3.99. The minimum Gasteiger partial charge on any atom is -0.383 e. The van der Waals surface area contributed by atoms with Gasteiger partial charge in [-0.2, -0.15) is 4.98 Å². The fourth-order valence-electron chi connectivity index (χ4n) is 2.64. The molecule has 0 aliphatic carbocycles. The Hall–Kier alpha value is -1.47. The molecule has 3 N–H and O–H groups in total. The molecule has 1 atom stereocenters. The topological polar surface area (TPSA) is 105 Å². The molecule has 1 aliphatic heterocycles. The molecular weight excluding hydrogens is 272 g/mol. The molecule has 1 saturated heterocycles. The van der Waals surface area contributed by atoms with E-state index in [1.54, 1.807) is 0 Å². The molecule has 0 bridgehead atoms. The third-order valence-corrected chi connectivity index (χ3v) is 3.99. The predicted molar refractivity (Wildman–Crippen MR) is 76.1 cm³/mol. The molecule has 0 aromatic carbocycles. The van der Waals surface area contributed by atoms with Gasteiger partial charge < -0.3 is 15.4 Å². The Morgan fingerprint density at radius 1 is 1.52 bits per heavy atom. The van der Waals surface area contributed by atoms with Crippen LogP contribution in [0.25, 0.3) is 0 Å². The van der Waals surface area contributed by atoms with Crippen LogP contribution in [0.5, 0.6) is 0 Å². The van der Waals surface area contributed by atoms with Gasteiger partial charge in [0.25, 0.3) is 0 Å². The lowest BCUT2D eigenvalue weighted by Crippen LogP contribution is -2.42. The van der Waals surface area contributed by atoms with Crippen molar-refractivity contribution < 1.29 is 14.4 Å². The van der Waals surface area contributed by atoms with Crippen LogP contribution in [0.3, 0.4) is 0 Å². The summed E-state index contributed by atoms with van der Waals surface area (Å²) in [6, 6.07) is 0. The van der Waals surface area contributed by atoms with Crippen molar-refractivity contribution >= 4 is 5.91 Å². The number of aliphatic hydroxyl groups excluding tert-OH is 1. The first-order valence-electron chi connectivity index (χ1n) is 7.61. The van der Waals surface area contributed by atoms with Gasteiger partial charge in [0.05, 0.1) is 6.54 Å². The number of rotatable bonds is 7. The van der Waals surface area contributed by atoms with E-state index in [1.165, 1.54) is 0 Å². The maximum atomic E-state index is 11.0. The van der Waals surface area contributed by atoms with E-state index in [0.29, 0.717) is 18.3 Å². The van der Waals surface area contributed by atoms with Gasteiger partial charge in [0.1, 0.15) is 6.10 Å². The molecule has 2 rings (SSSR count). The Balaban J connectivity index is 1.78. The highest BCUT2D eigenvalue weighted by Gasteiger charge is 2.28. The normalized spacial score (nSPS) is 18.8. The molecule has 0 spiro atoms. The molecule has 2 heterocycles. The van der Waals surface area contributed by atoms with Crippen molar-refractivity contribution in [3.8, 4) is 0 Å². The van der Waals surface area contributed by atoms with Gasteiger partial charge in [-0.3, -0.25) is 9.69 Å². The number of likely N-dealkylation sites (tertiary alicyclic amines) is 1. The van der Waals surface area contributed by atoms with Crippen LogP contribution in [0.1, 0.15) is 44.3 Å². The maximum absolute atomic E-state index is 11.0. The first-order valence-corrected chi connectivity index (χ1v) is 7.61. The predicted octanol–water partition coefficient (Wildman–Crippen LogP) is 0.470. The largest absolute Gasteiger partial charge is 0.383 e. The lowest BCUT2D eigenvalue weighted by Gasteiger charge is -2.32. The molecule has 1 aromatic heterocycles. The molecule has 0 radical (unpaired) electrons. The second-order valence-electron chi connectivity index (χ2n) is 5.67. The van der Waals surface area contributed by atoms with Gasteiger partial charge in [0, 0.05) is 6.42 Å². The van der Waals surface area contributed by atoms with Crippen molar-refractivity contribution in [1.82, 2.24) is 15.0 Å². The molecule has 21 heavy (non-hydrogen) atoms. The van der Waals surface area contributed by atoms with Crippen LogP contribution in [0.15, 0.2) is 4.52 Å². The average Bonchev–Trinajstić information content (AvgIpc) is 2.92. The van der Waals surface area contributed by atoms with Gasteiger partial charge in [-0.25, -0.2) is 0 Å². The fourth-order valence-corrected chi connectivity index (χ4v) is 2.64. The number of primary amides is 1. The SMILES string of the molecule is CCCCc1nc(CN2CCC(C(O)C(N)=O)CC2)no1. The highest BCUT2D eigenvalue weighted by atomic mass is 16.5. The zero-order valence-electron chi connectivity index (χ0n) is 12.5. The van der Waals surface area contributed by atoms with E-state index >= 15 is 0 Å². The van der Waals surface area contributed by atoms with Crippen LogP contribution in [-0.4, -0.2) is 45.2 Å². The number of hydrogen-bond donors (Lipinski definition) is 2. The van der Waals surface area contributed by atoms with Crippen molar-refractivity contribution in [3.05, 3.63) is 11.7 Å². The number of aliphatic hydroxyl groups is 1. The summed E-state index contributed by atoms with van der Waals surface area (Å²) in [7, 11) is 0. The summed E-state index contributed by atoms with van der Waals surface area (Å²) < 4.78 is 5.21. The second kappa shape index (κ2) is 7.51. The summed E-state index contributed by atoms with van der Waals surface area (Å²) in [6.45, 7) is 4.37. The highest BCUT2D eigenvalue weighted by Crippen LogP contribution is 2.21. The molecule has 118 valence electrons. The summed E-state index contributed by atoms with van der Waals surface area (Å²) in [5.41, 5.74) is 5.13. The smallest absolute Gasteiger partial charge is 0.246 e. The number of aryl methyl sites for hydroxylation is 1. The van der Waals surface area contributed by atoms with Gasteiger partial charge >= 0.3 is 0 Å². The molecule has 1 fully saturated rings. The van der Waals surface area contributed by atoms with E-state index in [9.17, 15) is 9.90 Å². The summed E-state index contributed by atoms with van der Waals surface area (Å²) in [5.74, 6) is 0.734. The highest BCUT2D eigenvalue weighted by molar-refractivity contribution is 5.78. The van der Waals surface area contributed by atoms with Gasteiger partial charge in [-0.05, 0) is 38.3 Å². The third kappa shape index (κ3) is 4.50. The Bertz CT molecular complexity index is 455. The van der Waals surface area contributed by atoms with Gasteiger partial charge in [-0.1, -0.05) is 18.5 Å². The Labute approximate surface area is 124 Å². The van der Waals surface area contributed by atoms with Crippen LogP contribution in [0.2, 0.25) is 0 Å². The number of nitrogens with two attached hydrogens (primary N) is 1. The van der Waals surface area contributed by atoms with Crippen molar-refractivity contribution in [3.63, 3.8) is 0 Å². The minimum atomic E-state index is -1.03. The molecule has 7 nitrogen and oxygen atoms in total. The quantitative estimate of drug-likeness (QED) is 0.757. The fraction of sp³-hybridized carbons (Fsp3) is 0.786. The first kappa shape index (κ1) is 15.9. The van der Waals surface area contributed by atoms with Crippen LogP contribution in [0.4, 0.5) is 0 Å². The maximum Gasteiger partial charge on any atom is 0.246 e. The summed E-state index contributed by atoms with van der Waals surface area (Å²) >= 11 is 0. The molecule has 7 heteroatoms. The zero-order chi connectivity index (χ0) is 15.2. The van der Waals surface area contributed by atoms with E-state index in [1.807, 2.05) is 0 Å². The lowest BCUT2D eigenvalue weighted by molar-refractivity contribution is -0.129. The number of piperidine rings is 1. The average molecular weight is 296 g/mol. The van der Waals surface area contributed by atoms with E-state index in [-0.39, 0.29) is 5.92 Å². The molecular formula is C14H24N4O3. The molecule has 1 amide bonds. The van der Waals surface area contributed by atoms with E-state index in [2.05, 4.69) is 22.0 Å². The lowest BCUT2D eigenvalue weighted by atomic mass is 9.91. The van der Waals surface area contributed by atoms with Crippen molar-refractivity contribution in [2.24, 2.45) is 11.7 Å². The van der Waals surface area contributed by atoms with Crippen LogP contribution in [-0.2, 0) is 17.8 Å². The second-order valence-corrected chi connectivity index (χ2v) is 5.67. The Morgan fingerprint density at radius 3 is 2.86 bits per heavy atom. The minimum absolute atomic E-state index is 0.0378. The van der Waals surface area contributed by atoms with Crippen LogP contribution in [0, 0.1) is 5.92 Å². The Kier molecular flexibility index (Phi) is 5.69. The number of amides is 1. The van der Waals surface area contributed by atoms with Crippen molar-refractivity contribution in [2.75, 3.05) is 13.1 Å². The standard InChI is InChI=1S/C14H24N4O3/c1-2-3-4-12-16-11(17-21-12)9-18-7-5-10(6-8-18)13(19)14(15)20/h10,13,19H,2-9H2,1H3,(H2,15,20). The zero-order valence-corrected chi connectivity index (χ0v) is 12.5. The molecule has 0 saturated carbocycles. The summed E-state index contributed by atoms with van der Waals surface area (Å²) in [6.07, 6.45) is 3.47. The molecule has 1 aromatic rings. The van der Waals surface area contributed by atoms with Crippen molar-refractivity contribution in [2.45, 2.75) is 51.7 Å². The van der Waals surface area contributed by atoms with Crippen LogP contribution < -0.4 is 5.73 Å². The van der Waals surface area contributed by atoms with E-state index in [4.69, 9.17) is 10.3 Å². The van der Waals surface area contributed by atoms with Crippen molar-refractivity contribution in [1.29, 1.82) is 0 Å². The summed E-state index contributed by atoms with van der Waals surface area (Å²) in [4.78, 5) is 17.6. The number of unbranched alkanes of at least 4 members (excludes halogenated alkanes) is 1. The Morgan fingerprint density at radius 2 is 2.24 bits per heavy atom. The van der Waals surface area contributed by atoms with E-state index < -0.39 is 12.0 Å². The first-order chi connectivity index (χ1) is 10.1. The summed E-state index contributed by atoms with van der Waals surface area (Å²) in [5, 5.41) is 13.7. The van der Waals surface area contributed by atoms with Gasteiger partial charge in [0.15, 0.2) is 5.82 Å². The molecule has 1 unspecified atom stereocenters. The number of aromatic nitrogens is 2. The van der Waals surface area contributed by atoms with Gasteiger partial charge in [0.2, 0.25) is 11.8 Å². The number of carbonyl (C=O) groups is 1. The van der Waals surface area contributed by atoms with Gasteiger partial charge in [-0.15, -0.1) is 0 Å². The number of carbonyl (C=O) groups excluding carboxylic acids is 1. The molecule has 1 aliphatic rings.